The van der Waals surface area contributed by atoms with Gasteiger partial charge in [0, 0.05) is 48.8 Å². The molecule has 1 aromatic heterocycles. The molecule has 2 aromatic rings. The Labute approximate surface area is 131 Å². The summed E-state index contributed by atoms with van der Waals surface area (Å²) >= 11 is 0. The van der Waals surface area contributed by atoms with Crippen molar-refractivity contribution >= 4 is 20.8 Å². The summed E-state index contributed by atoms with van der Waals surface area (Å²) in [6.07, 6.45) is 3.33. The van der Waals surface area contributed by atoms with Crippen molar-refractivity contribution < 1.29 is 8.42 Å². The maximum atomic E-state index is 13.0. The van der Waals surface area contributed by atoms with E-state index < -0.39 is 10.0 Å². The van der Waals surface area contributed by atoms with Crippen LogP contribution in [-0.4, -0.2) is 43.4 Å². The van der Waals surface area contributed by atoms with E-state index in [4.69, 9.17) is 0 Å². The van der Waals surface area contributed by atoms with Crippen LogP contribution in [0.1, 0.15) is 13.8 Å². The summed E-state index contributed by atoms with van der Waals surface area (Å²) in [6, 6.07) is 7.31. The lowest BCUT2D eigenvalue weighted by Crippen LogP contribution is -2.54. The fourth-order valence-corrected chi connectivity index (χ4v) is 4.55. The number of benzene rings is 1. The first-order valence-electron chi connectivity index (χ1n) is 7.56. The zero-order chi connectivity index (χ0) is 15.7. The van der Waals surface area contributed by atoms with E-state index in [0.717, 1.165) is 10.8 Å². The number of rotatable bonds is 3. The minimum absolute atomic E-state index is 0.195. The lowest BCUT2D eigenvalue weighted by molar-refractivity contribution is 0.256. The first kappa shape index (κ1) is 15.4. The van der Waals surface area contributed by atoms with Crippen LogP contribution in [0.25, 0.3) is 10.8 Å². The Morgan fingerprint density at radius 1 is 1.32 bits per heavy atom. The lowest BCUT2D eigenvalue weighted by atomic mass is 10.0. The van der Waals surface area contributed by atoms with Crippen LogP contribution in [0, 0.1) is 5.92 Å². The molecule has 0 saturated carbocycles. The van der Waals surface area contributed by atoms with Gasteiger partial charge in [0.15, 0.2) is 0 Å². The van der Waals surface area contributed by atoms with E-state index in [9.17, 15) is 8.42 Å². The molecule has 0 radical (unpaired) electrons. The standard InChI is InChI=1S/C16H21N3O2S/c1-12(2)15-11-19(9-8-18-15)22(20,21)16-5-3-4-13-10-17-7-6-14(13)16/h3-7,10,12,15,18H,8-9,11H2,1-2H3. The van der Waals surface area contributed by atoms with Crippen molar-refractivity contribution in [2.75, 3.05) is 19.6 Å². The summed E-state index contributed by atoms with van der Waals surface area (Å²) in [5, 5.41) is 4.97. The number of nitrogens with zero attached hydrogens (tertiary/aromatic N) is 2. The van der Waals surface area contributed by atoms with Gasteiger partial charge in [0.2, 0.25) is 10.0 Å². The molecule has 3 rings (SSSR count). The average Bonchev–Trinajstić information content (AvgIpc) is 2.54. The second kappa shape index (κ2) is 5.95. The number of piperazine rings is 1. The quantitative estimate of drug-likeness (QED) is 0.938. The SMILES string of the molecule is CC(C)C1CN(S(=O)(=O)c2cccc3cnccc23)CCN1. The van der Waals surface area contributed by atoms with Crippen LogP contribution in [0.5, 0.6) is 0 Å². The molecular formula is C16H21N3O2S. The van der Waals surface area contributed by atoms with Crippen molar-refractivity contribution in [3.8, 4) is 0 Å². The van der Waals surface area contributed by atoms with Gasteiger partial charge in [-0.1, -0.05) is 26.0 Å². The molecule has 1 aliphatic rings. The molecule has 2 heterocycles. The number of sulfonamides is 1. The van der Waals surface area contributed by atoms with Gasteiger partial charge >= 0.3 is 0 Å². The van der Waals surface area contributed by atoms with Crippen LogP contribution in [0.2, 0.25) is 0 Å². The van der Waals surface area contributed by atoms with Crippen molar-refractivity contribution in [2.24, 2.45) is 5.92 Å². The smallest absolute Gasteiger partial charge is 0.243 e. The summed E-state index contributed by atoms with van der Waals surface area (Å²) in [5.74, 6) is 0.398. The van der Waals surface area contributed by atoms with Crippen molar-refractivity contribution in [1.29, 1.82) is 0 Å². The number of hydrogen-bond donors (Lipinski definition) is 1. The van der Waals surface area contributed by atoms with Crippen LogP contribution in [0.3, 0.4) is 0 Å². The molecule has 1 atom stereocenters. The van der Waals surface area contributed by atoms with E-state index >= 15 is 0 Å². The zero-order valence-electron chi connectivity index (χ0n) is 12.9. The summed E-state index contributed by atoms with van der Waals surface area (Å²) < 4.78 is 27.7. The third-order valence-electron chi connectivity index (χ3n) is 4.23. The average molecular weight is 319 g/mol. The maximum absolute atomic E-state index is 13.0. The lowest BCUT2D eigenvalue weighted by Gasteiger charge is -2.35. The van der Waals surface area contributed by atoms with Crippen molar-refractivity contribution in [3.05, 3.63) is 36.7 Å². The van der Waals surface area contributed by atoms with Crippen LogP contribution < -0.4 is 5.32 Å². The van der Waals surface area contributed by atoms with Crippen molar-refractivity contribution in [1.82, 2.24) is 14.6 Å². The molecule has 0 bridgehead atoms. The van der Waals surface area contributed by atoms with Gasteiger partial charge in [-0.05, 0) is 18.1 Å². The minimum atomic E-state index is -3.49. The molecule has 22 heavy (non-hydrogen) atoms. The molecule has 5 nitrogen and oxygen atoms in total. The van der Waals surface area contributed by atoms with Crippen molar-refractivity contribution in [3.63, 3.8) is 0 Å². The monoisotopic (exact) mass is 319 g/mol. The summed E-state index contributed by atoms with van der Waals surface area (Å²) in [4.78, 5) is 4.44. The second-order valence-corrected chi connectivity index (χ2v) is 7.93. The van der Waals surface area contributed by atoms with E-state index in [0.29, 0.717) is 30.4 Å². The fourth-order valence-electron chi connectivity index (χ4n) is 2.87. The first-order chi connectivity index (χ1) is 10.5. The highest BCUT2D eigenvalue weighted by Gasteiger charge is 2.31. The number of hydrogen-bond acceptors (Lipinski definition) is 4. The molecule has 118 valence electrons. The fraction of sp³-hybridized carbons (Fsp3) is 0.438. The minimum Gasteiger partial charge on any atom is -0.311 e. The maximum Gasteiger partial charge on any atom is 0.243 e. The third-order valence-corrected chi connectivity index (χ3v) is 6.15. The van der Waals surface area contributed by atoms with E-state index in [2.05, 4.69) is 24.1 Å². The highest BCUT2D eigenvalue weighted by atomic mass is 32.2. The van der Waals surface area contributed by atoms with Gasteiger partial charge in [-0.3, -0.25) is 4.98 Å². The van der Waals surface area contributed by atoms with Gasteiger partial charge in [-0.25, -0.2) is 8.42 Å². The molecule has 1 fully saturated rings. The van der Waals surface area contributed by atoms with Crippen LogP contribution in [0.4, 0.5) is 0 Å². The van der Waals surface area contributed by atoms with Crippen molar-refractivity contribution in [2.45, 2.75) is 24.8 Å². The number of fused-ring (bicyclic) bond motifs is 1. The largest absolute Gasteiger partial charge is 0.311 e. The highest BCUT2D eigenvalue weighted by molar-refractivity contribution is 7.89. The Hall–Kier alpha value is -1.50. The van der Waals surface area contributed by atoms with E-state index in [1.807, 2.05) is 6.07 Å². The Morgan fingerprint density at radius 2 is 2.14 bits per heavy atom. The van der Waals surface area contributed by atoms with Gasteiger partial charge in [0.25, 0.3) is 0 Å². The Morgan fingerprint density at radius 3 is 2.91 bits per heavy atom. The van der Waals surface area contributed by atoms with Crippen LogP contribution in [0.15, 0.2) is 41.6 Å². The van der Waals surface area contributed by atoms with Gasteiger partial charge in [-0.2, -0.15) is 4.31 Å². The number of pyridine rings is 1. The summed E-state index contributed by atoms with van der Waals surface area (Å²) in [6.45, 7) is 5.93. The van der Waals surface area contributed by atoms with Gasteiger partial charge in [-0.15, -0.1) is 0 Å². The van der Waals surface area contributed by atoms with Crippen LogP contribution in [-0.2, 0) is 10.0 Å². The normalized spacial score (nSPS) is 20.6. The highest BCUT2D eigenvalue weighted by Crippen LogP contribution is 2.26. The third kappa shape index (κ3) is 2.74. The second-order valence-electron chi connectivity index (χ2n) is 6.02. The number of nitrogens with one attached hydrogen (secondary N) is 1. The predicted molar refractivity (Wildman–Crippen MR) is 87.1 cm³/mol. The summed E-state index contributed by atoms with van der Waals surface area (Å²) in [5.41, 5.74) is 0. The van der Waals surface area contributed by atoms with E-state index in [1.165, 1.54) is 0 Å². The molecule has 0 amide bonds. The van der Waals surface area contributed by atoms with E-state index in [1.54, 1.807) is 34.9 Å². The predicted octanol–water partition coefficient (Wildman–Crippen LogP) is 1.85. The van der Waals surface area contributed by atoms with Gasteiger partial charge in [0.1, 0.15) is 0 Å². The van der Waals surface area contributed by atoms with Gasteiger partial charge < -0.3 is 5.32 Å². The molecule has 1 aromatic carbocycles. The number of aromatic nitrogens is 1. The van der Waals surface area contributed by atoms with Crippen LogP contribution >= 0.6 is 0 Å². The molecule has 0 spiro atoms. The topological polar surface area (TPSA) is 62.3 Å². The Bertz CT molecular complexity index is 769. The summed E-state index contributed by atoms with van der Waals surface area (Å²) in [7, 11) is -3.49. The van der Waals surface area contributed by atoms with E-state index in [-0.39, 0.29) is 6.04 Å². The molecule has 1 unspecified atom stereocenters. The van der Waals surface area contributed by atoms with Gasteiger partial charge in [0.05, 0.1) is 4.90 Å². The molecular weight excluding hydrogens is 298 g/mol. The first-order valence-corrected chi connectivity index (χ1v) is 9.00. The Kier molecular flexibility index (Phi) is 4.16. The molecule has 0 aliphatic carbocycles. The molecule has 1 aliphatic heterocycles. The molecule has 6 heteroatoms. The molecule has 1 saturated heterocycles. The zero-order valence-corrected chi connectivity index (χ0v) is 13.7. The Balaban J connectivity index is 2.01. The molecule has 1 N–H and O–H groups in total.